The minimum atomic E-state index is -0.359. The molecule has 1 aromatic carbocycles. The highest BCUT2D eigenvalue weighted by Gasteiger charge is 2.07. The van der Waals surface area contributed by atoms with Gasteiger partial charge in [-0.1, -0.05) is 6.07 Å². The molecule has 0 atom stereocenters. The Labute approximate surface area is 83.1 Å². The van der Waals surface area contributed by atoms with Crippen molar-refractivity contribution < 1.29 is 4.92 Å². The molecular formula is C10H14N2O2. The van der Waals surface area contributed by atoms with Gasteiger partial charge in [0.1, 0.15) is 0 Å². The second-order valence-electron chi connectivity index (χ2n) is 3.22. The molecule has 4 heteroatoms. The number of hydrogen-bond donors (Lipinski definition) is 1. The van der Waals surface area contributed by atoms with Crippen LogP contribution in [0, 0.1) is 17.0 Å². The normalized spacial score (nSPS) is 10.1. The molecular weight excluding hydrogens is 180 g/mol. The Morgan fingerprint density at radius 3 is 2.79 bits per heavy atom. The fourth-order valence-electron chi connectivity index (χ4n) is 1.30. The summed E-state index contributed by atoms with van der Waals surface area (Å²) in [5.41, 5.74) is 2.31. The van der Waals surface area contributed by atoms with Crippen molar-refractivity contribution in [3.63, 3.8) is 0 Å². The first-order valence-electron chi connectivity index (χ1n) is 4.53. The molecule has 1 rings (SSSR count). The Morgan fingerprint density at radius 1 is 1.50 bits per heavy atom. The highest BCUT2D eigenvalue weighted by molar-refractivity contribution is 5.39. The van der Waals surface area contributed by atoms with E-state index in [0.29, 0.717) is 0 Å². The SMILES string of the molecule is CNCCc1cc([N+](=O)[O-])ccc1C. The number of likely N-dealkylation sites (N-methyl/N-ethyl adjacent to an activating group) is 1. The van der Waals surface area contributed by atoms with E-state index in [9.17, 15) is 10.1 Å². The zero-order valence-corrected chi connectivity index (χ0v) is 8.41. The standard InChI is InChI=1S/C10H14N2O2/c1-8-3-4-10(12(13)14)7-9(8)5-6-11-2/h3-4,7,11H,5-6H2,1-2H3. The summed E-state index contributed by atoms with van der Waals surface area (Å²) in [5, 5.41) is 13.6. The summed E-state index contributed by atoms with van der Waals surface area (Å²) < 4.78 is 0. The summed E-state index contributed by atoms with van der Waals surface area (Å²) in [7, 11) is 1.87. The number of nitro benzene ring substituents is 1. The molecule has 0 aliphatic heterocycles. The number of nitrogens with one attached hydrogen (secondary N) is 1. The number of nitro groups is 1. The number of hydrogen-bond acceptors (Lipinski definition) is 3. The minimum absolute atomic E-state index is 0.168. The van der Waals surface area contributed by atoms with E-state index in [1.54, 1.807) is 12.1 Å². The van der Waals surface area contributed by atoms with Crippen molar-refractivity contribution in [1.29, 1.82) is 0 Å². The van der Waals surface area contributed by atoms with E-state index in [1.807, 2.05) is 14.0 Å². The van der Waals surface area contributed by atoms with Gasteiger partial charge in [-0.25, -0.2) is 0 Å². The number of non-ortho nitro benzene ring substituents is 1. The lowest BCUT2D eigenvalue weighted by Gasteiger charge is -2.04. The highest BCUT2D eigenvalue weighted by Crippen LogP contribution is 2.17. The predicted octanol–water partition coefficient (Wildman–Crippen LogP) is 1.67. The quantitative estimate of drug-likeness (QED) is 0.586. The Kier molecular flexibility index (Phi) is 3.59. The van der Waals surface area contributed by atoms with Gasteiger partial charge in [-0.3, -0.25) is 10.1 Å². The van der Waals surface area contributed by atoms with Crippen molar-refractivity contribution in [2.75, 3.05) is 13.6 Å². The fraction of sp³-hybridized carbons (Fsp3) is 0.400. The molecule has 76 valence electrons. The van der Waals surface area contributed by atoms with Crippen LogP contribution in [0.2, 0.25) is 0 Å². The summed E-state index contributed by atoms with van der Waals surface area (Å²) in [6.45, 7) is 2.80. The zero-order valence-electron chi connectivity index (χ0n) is 8.41. The van der Waals surface area contributed by atoms with Gasteiger partial charge in [0.15, 0.2) is 0 Å². The van der Waals surface area contributed by atoms with Crippen molar-refractivity contribution >= 4 is 5.69 Å². The number of aryl methyl sites for hydroxylation is 1. The lowest BCUT2D eigenvalue weighted by atomic mass is 10.1. The molecule has 1 aromatic rings. The molecule has 4 nitrogen and oxygen atoms in total. The van der Waals surface area contributed by atoms with Crippen LogP contribution in [0.15, 0.2) is 18.2 Å². The van der Waals surface area contributed by atoms with Crippen LogP contribution in [-0.4, -0.2) is 18.5 Å². The van der Waals surface area contributed by atoms with E-state index in [1.165, 1.54) is 6.07 Å². The van der Waals surface area contributed by atoms with Crippen LogP contribution >= 0.6 is 0 Å². The maximum absolute atomic E-state index is 10.5. The van der Waals surface area contributed by atoms with Crippen LogP contribution in [0.1, 0.15) is 11.1 Å². The van der Waals surface area contributed by atoms with E-state index < -0.39 is 0 Å². The van der Waals surface area contributed by atoms with Gasteiger partial charge in [0.25, 0.3) is 5.69 Å². The van der Waals surface area contributed by atoms with Crippen molar-refractivity contribution in [1.82, 2.24) is 5.32 Å². The van der Waals surface area contributed by atoms with Gasteiger partial charge in [-0.2, -0.15) is 0 Å². The zero-order chi connectivity index (χ0) is 10.6. The minimum Gasteiger partial charge on any atom is -0.319 e. The van der Waals surface area contributed by atoms with Crippen molar-refractivity contribution in [2.45, 2.75) is 13.3 Å². The Hall–Kier alpha value is -1.42. The first kappa shape index (κ1) is 10.7. The van der Waals surface area contributed by atoms with E-state index in [0.717, 1.165) is 24.1 Å². The second kappa shape index (κ2) is 4.72. The molecule has 0 radical (unpaired) electrons. The molecule has 0 aliphatic rings. The third-order valence-electron chi connectivity index (χ3n) is 2.19. The summed E-state index contributed by atoms with van der Waals surface area (Å²) in [6, 6.07) is 4.98. The Balaban J connectivity index is 2.90. The molecule has 0 fully saturated rings. The first-order valence-corrected chi connectivity index (χ1v) is 4.53. The number of benzene rings is 1. The average molecular weight is 194 g/mol. The maximum Gasteiger partial charge on any atom is 0.269 e. The summed E-state index contributed by atoms with van der Waals surface area (Å²) in [5.74, 6) is 0. The summed E-state index contributed by atoms with van der Waals surface area (Å²) in [6.07, 6.45) is 0.823. The molecule has 0 bridgehead atoms. The Morgan fingerprint density at radius 2 is 2.21 bits per heavy atom. The lowest BCUT2D eigenvalue weighted by Crippen LogP contribution is -2.11. The third kappa shape index (κ3) is 2.53. The highest BCUT2D eigenvalue weighted by atomic mass is 16.6. The maximum atomic E-state index is 10.5. The second-order valence-corrected chi connectivity index (χ2v) is 3.22. The smallest absolute Gasteiger partial charge is 0.269 e. The molecule has 0 aliphatic carbocycles. The van der Waals surface area contributed by atoms with E-state index in [4.69, 9.17) is 0 Å². The van der Waals surface area contributed by atoms with Gasteiger partial charge < -0.3 is 5.32 Å². The Bertz CT molecular complexity index is 337. The van der Waals surface area contributed by atoms with Crippen LogP contribution in [0.5, 0.6) is 0 Å². The van der Waals surface area contributed by atoms with Crippen LogP contribution in [-0.2, 0) is 6.42 Å². The van der Waals surface area contributed by atoms with Crippen molar-refractivity contribution in [2.24, 2.45) is 0 Å². The number of rotatable bonds is 4. The van der Waals surface area contributed by atoms with E-state index in [2.05, 4.69) is 5.32 Å². The first-order chi connectivity index (χ1) is 6.65. The van der Waals surface area contributed by atoms with Gasteiger partial charge in [0, 0.05) is 12.1 Å². The van der Waals surface area contributed by atoms with E-state index >= 15 is 0 Å². The fourth-order valence-corrected chi connectivity index (χ4v) is 1.30. The van der Waals surface area contributed by atoms with Crippen LogP contribution in [0.3, 0.4) is 0 Å². The van der Waals surface area contributed by atoms with Crippen LogP contribution in [0.4, 0.5) is 5.69 Å². The number of nitrogens with zero attached hydrogens (tertiary/aromatic N) is 1. The molecule has 0 saturated carbocycles. The monoisotopic (exact) mass is 194 g/mol. The molecule has 0 spiro atoms. The van der Waals surface area contributed by atoms with Gasteiger partial charge in [-0.05, 0) is 38.1 Å². The van der Waals surface area contributed by atoms with Gasteiger partial charge >= 0.3 is 0 Å². The largest absolute Gasteiger partial charge is 0.319 e. The van der Waals surface area contributed by atoms with Gasteiger partial charge in [0.05, 0.1) is 4.92 Å². The van der Waals surface area contributed by atoms with Gasteiger partial charge in [0.2, 0.25) is 0 Å². The molecule has 0 aromatic heterocycles. The molecule has 1 N–H and O–H groups in total. The molecule has 0 amide bonds. The molecule has 14 heavy (non-hydrogen) atoms. The lowest BCUT2D eigenvalue weighted by molar-refractivity contribution is -0.384. The topological polar surface area (TPSA) is 55.2 Å². The molecule has 0 unspecified atom stereocenters. The summed E-state index contributed by atoms with van der Waals surface area (Å²) >= 11 is 0. The summed E-state index contributed by atoms with van der Waals surface area (Å²) in [4.78, 5) is 10.2. The third-order valence-corrected chi connectivity index (χ3v) is 2.19. The van der Waals surface area contributed by atoms with Crippen LogP contribution in [0.25, 0.3) is 0 Å². The van der Waals surface area contributed by atoms with Gasteiger partial charge in [-0.15, -0.1) is 0 Å². The van der Waals surface area contributed by atoms with E-state index in [-0.39, 0.29) is 10.6 Å². The predicted molar refractivity (Wildman–Crippen MR) is 55.5 cm³/mol. The van der Waals surface area contributed by atoms with Crippen LogP contribution < -0.4 is 5.32 Å². The molecule has 0 saturated heterocycles. The average Bonchev–Trinajstić information content (AvgIpc) is 2.16. The molecule has 0 heterocycles. The van der Waals surface area contributed by atoms with Crippen molar-refractivity contribution in [3.8, 4) is 0 Å². The van der Waals surface area contributed by atoms with Crippen molar-refractivity contribution in [3.05, 3.63) is 39.4 Å².